The molecule has 0 aliphatic rings. The number of unbranched alkanes of at least 4 members (excludes halogenated alkanes) is 28. The van der Waals surface area contributed by atoms with Crippen molar-refractivity contribution in [1.29, 1.82) is 0 Å². The zero-order valence-corrected chi connectivity index (χ0v) is 53.4. The molecule has 6 N–H and O–H groups in total. The molecule has 468 valence electrons. The molecule has 0 radical (unpaired) electrons. The minimum atomic E-state index is -0.540. The molecule has 0 spiro atoms. The predicted molar refractivity (Wildman–Crippen MR) is 335 cm³/mol. The molecular formula is C66H126N6O8. The van der Waals surface area contributed by atoms with Crippen molar-refractivity contribution in [2.75, 3.05) is 26.7 Å². The highest BCUT2D eigenvalue weighted by atomic mass is 16.6. The Labute approximate surface area is 491 Å². The average Bonchev–Trinajstić information content (AvgIpc) is 3.39. The molecule has 0 aromatic carbocycles. The molecule has 6 amide bonds. The third-order valence-electron chi connectivity index (χ3n) is 13.6. The quantitative estimate of drug-likeness (QED) is 0.0256. The number of allylic oxidation sites excluding steroid dienone is 4. The number of ether oxygens (including phenoxy) is 2. The van der Waals surface area contributed by atoms with Crippen LogP contribution < -0.4 is 31.9 Å². The van der Waals surface area contributed by atoms with Crippen LogP contribution in [0.2, 0.25) is 0 Å². The van der Waals surface area contributed by atoms with Gasteiger partial charge in [-0.15, -0.1) is 0 Å². The van der Waals surface area contributed by atoms with Crippen LogP contribution in [0.5, 0.6) is 0 Å². The molecule has 14 nitrogen and oxygen atoms in total. The summed E-state index contributed by atoms with van der Waals surface area (Å²) in [6.07, 6.45) is 50.8. The number of hydrogen-bond acceptors (Lipinski definition) is 8. The van der Waals surface area contributed by atoms with Crippen LogP contribution in [-0.2, 0) is 28.7 Å². The fourth-order valence-electron chi connectivity index (χ4n) is 8.98. The number of alkyl carbamates (subject to hydrolysis) is 2. The number of nitrogens with one attached hydrogen (secondary N) is 6. The lowest BCUT2D eigenvalue weighted by molar-refractivity contribution is -0.129. The minimum Gasteiger partial charge on any atom is -0.444 e. The molecule has 0 bridgehead atoms. The number of amides is 6. The molecule has 2 atom stereocenters. The Hall–Kier alpha value is -4.10. The summed E-state index contributed by atoms with van der Waals surface area (Å²) in [6, 6.07) is -1.07. The second kappa shape index (κ2) is 55.4. The van der Waals surface area contributed by atoms with E-state index in [2.05, 4.69) is 77.0 Å². The Morgan fingerprint density at radius 3 is 0.988 bits per heavy atom. The molecule has 0 aromatic heterocycles. The summed E-state index contributed by atoms with van der Waals surface area (Å²) in [5.41, 5.74) is -1.05. The minimum absolute atomic E-state index is 0.0485. The van der Waals surface area contributed by atoms with Gasteiger partial charge in [-0.05, 0) is 151 Å². The largest absolute Gasteiger partial charge is 0.444 e. The molecule has 0 aliphatic heterocycles. The van der Waals surface area contributed by atoms with Crippen molar-refractivity contribution in [3.63, 3.8) is 0 Å². The van der Waals surface area contributed by atoms with Crippen molar-refractivity contribution < 1.29 is 38.2 Å². The summed E-state index contributed by atoms with van der Waals surface area (Å²) in [5.74, 6) is -0.405. The normalized spacial score (nSPS) is 12.3. The van der Waals surface area contributed by atoms with Crippen molar-refractivity contribution in [2.45, 2.75) is 336 Å². The SMILES string of the molecule is CCCCCCCC/C=C\CCCCCCCC(=O)NC(CCCCNC(=O)OC(C)(C)C)C(=O)NC.CCCCCCCC/C=C\CCCCCCCC(=O)NC(CCCCNC(=O)OC(C)(C)C)C(=O)NCCCCCCC. The van der Waals surface area contributed by atoms with Crippen LogP contribution in [0.15, 0.2) is 24.3 Å². The molecule has 80 heavy (non-hydrogen) atoms. The highest BCUT2D eigenvalue weighted by molar-refractivity contribution is 5.88. The first-order valence-corrected chi connectivity index (χ1v) is 32.7. The van der Waals surface area contributed by atoms with Crippen LogP contribution >= 0.6 is 0 Å². The molecular weight excluding hydrogens is 1000 g/mol. The summed E-state index contributed by atoms with van der Waals surface area (Å²) in [5, 5.41) is 17.0. The van der Waals surface area contributed by atoms with Crippen molar-refractivity contribution >= 4 is 35.8 Å². The van der Waals surface area contributed by atoms with E-state index in [4.69, 9.17) is 9.47 Å². The van der Waals surface area contributed by atoms with Gasteiger partial charge < -0.3 is 41.4 Å². The topological polar surface area (TPSA) is 193 Å². The summed E-state index contributed by atoms with van der Waals surface area (Å²) in [7, 11) is 1.58. The average molecular weight is 1130 g/mol. The highest BCUT2D eigenvalue weighted by Gasteiger charge is 2.22. The van der Waals surface area contributed by atoms with Crippen molar-refractivity contribution in [2.24, 2.45) is 0 Å². The maximum atomic E-state index is 12.9. The van der Waals surface area contributed by atoms with E-state index in [-0.39, 0.29) is 23.6 Å². The van der Waals surface area contributed by atoms with Gasteiger partial charge >= 0.3 is 12.2 Å². The summed E-state index contributed by atoms with van der Waals surface area (Å²) < 4.78 is 10.5. The molecule has 2 unspecified atom stereocenters. The Kier molecular flexibility index (Phi) is 54.0. The molecule has 0 rings (SSSR count). The van der Waals surface area contributed by atoms with Gasteiger partial charge in [0, 0.05) is 39.5 Å². The Bertz CT molecular complexity index is 1570. The van der Waals surface area contributed by atoms with Gasteiger partial charge in [0.15, 0.2) is 0 Å². The first-order valence-electron chi connectivity index (χ1n) is 32.7. The van der Waals surface area contributed by atoms with Crippen LogP contribution in [0.4, 0.5) is 9.59 Å². The van der Waals surface area contributed by atoms with E-state index in [1.54, 1.807) is 7.05 Å². The van der Waals surface area contributed by atoms with E-state index in [9.17, 15) is 28.8 Å². The molecule has 0 fully saturated rings. The molecule has 0 aliphatic carbocycles. The van der Waals surface area contributed by atoms with Crippen molar-refractivity contribution in [1.82, 2.24) is 31.9 Å². The monoisotopic (exact) mass is 1130 g/mol. The van der Waals surface area contributed by atoms with Gasteiger partial charge in [0.25, 0.3) is 0 Å². The van der Waals surface area contributed by atoms with Gasteiger partial charge in [-0.2, -0.15) is 0 Å². The second-order valence-corrected chi connectivity index (χ2v) is 24.1. The van der Waals surface area contributed by atoms with E-state index in [0.717, 1.165) is 70.6 Å². The summed E-state index contributed by atoms with van der Waals surface area (Å²) >= 11 is 0. The Balaban J connectivity index is 0. The van der Waals surface area contributed by atoms with Gasteiger partial charge in [-0.1, -0.05) is 173 Å². The Morgan fingerprint density at radius 2 is 0.650 bits per heavy atom. The van der Waals surface area contributed by atoms with Gasteiger partial charge in [0.1, 0.15) is 23.3 Å². The third-order valence-corrected chi connectivity index (χ3v) is 13.6. The van der Waals surface area contributed by atoms with Gasteiger partial charge in [0.2, 0.25) is 23.6 Å². The van der Waals surface area contributed by atoms with Crippen molar-refractivity contribution in [3.8, 4) is 0 Å². The zero-order valence-electron chi connectivity index (χ0n) is 53.4. The van der Waals surface area contributed by atoms with E-state index < -0.39 is 35.5 Å². The standard InChI is InChI=1S/C36H69N3O4.C30H57N3O4/c1-6-8-10-12-13-14-15-16-17-18-19-20-21-22-24-29-33(40)39-32(34(41)37-30-26-23-11-9-7-2)28-25-27-31-38-35(42)43-36(3,4)5;1-6-7-8-9-10-11-12-13-14-15-16-17-18-19-20-24-27(34)33-26(28(35)31-5)23-21-22-25-32-29(36)37-30(2,3)4/h16-17,32H,6-15,18-31H2,1-5H3,(H,37,41)(H,38,42)(H,39,40);13-14,26H,6-12,15-25H2,1-5H3,(H,31,35)(H,32,36)(H,33,34)/b17-16-;14-13-. The fraction of sp³-hybridized carbons (Fsp3) is 0.848. The van der Waals surface area contributed by atoms with E-state index in [0.29, 0.717) is 64.6 Å². The van der Waals surface area contributed by atoms with Crippen LogP contribution in [-0.4, -0.2) is 85.8 Å². The van der Waals surface area contributed by atoms with E-state index in [1.807, 2.05) is 41.5 Å². The predicted octanol–water partition coefficient (Wildman–Crippen LogP) is 16.2. The third kappa shape index (κ3) is 58.6. The van der Waals surface area contributed by atoms with Gasteiger partial charge in [-0.3, -0.25) is 19.2 Å². The lowest BCUT2D eigenvalue weighted by Gasteiger charge is -2.20. The first kappa shape index (κ1) is 78.0. The maximum absolute atomic E-state index is 12.9. The van der Waals surface area contributed by atoms with Crippen LogP contribution in [0.1, 0.15) is 313 Å². The lowest BCUT2D eigenvalue weighted by Crippen LogP contribution is -2.47. The molecule has 0 aromatic rings. The van der Waals surface area contributed by atoms with Crippen LogP contribution in [0.3, 0.4) is 0 Å². The molecule has 0 saturated carbocycles. The summed E-state index contributed by atoms with van der Waals surface area (Å²) in [6.45, 7) is 19.2. The van der Waals surface area contributed by atoms with E-state index >= 15 is 0 Å². The summed E-state index contributed by atoms with van der Waals surface area (Å²) in [4.78, 5) is 73.6. The molecule has 14 heteroatoms. The number of carbonyl (C=O) groups excluding carboxylic acids is 6. The molecule has 0 saturated heterocycles. The van der Waals surface area contributed by atoms with Crippen LogP contribution in [0, 0.1) is 0 Å². The van der Waals surface area contributed by atoms with E-state index in [1.165, 1.54) is 135 Å². The van der Waals surface area contributed by atoms with Crippen molar-refractivity contribution in [3.05, 3.63) is 24.3 Å². The number of carbonyl (C=O) groups is 6. The molecule has 0 heterocycles. The van der Waals surface area contributed by atoms with Gasteiger partial charge in [0.05, 0.1) is 0 Å². The Morgan fingerprint density at radius 1 is 0.362 bits per heavy atom. The zero-order chi connectivity index (χ0) is 59.8. The lowest BCUT2D eigenvalue weighted by atomic mass is 10.1. The van der Waals surface area contributed by atoms with Gasteiger partial charge in [-0.25, -0.2) is 9.59 Å². The first-order chi connectivity index (χ1) is 38.4. The number of hydrogen-bond donors (Lipinski definition) is 6. The second-order valence-electron chi connectivity index (χ2n) is 24.1. The van der Waals surface area contributed by atoms with Crippen LogP contribution in [0.25, 0.3) is 0 Å². The number of likely N-dealkylation sites (N-methyl/N-ethyl adjacent to an activating group) is 1. The smallest absolute Gasteiger partial charge is 0.407 e. The number of rotatable bonds is 50. The fourth-order valence-corrected chi connectivity index (χ4v) is 8.98. The maximum Gasteiger partial charge on any atom is 0.407 e. The highest BCUT2D eigenvalue weighted by Crippen LogP contribution is 2.14.